The molecular formula is C19H13ClN4O2. The lowest BCUT2D eigenvalue weighted by molar-refractivity contribution is -0.384. The maximum atomic E-state index is 11.2. The molecule has 0 aliphatic heterocycles. The molecule has 0 aliphatic rings. The first-order valence-electron chi connectivity index (χ1n) is 7.64. The minimum absolute atomic E-state index is 0.0576. The number of non-ortho nitro benzene ring substituents is 1. The highest BCUT2D eigenvalue weighted by Crippen LogP contribution is 2.42. The molecule has 0 saturated heterocycles. The van der Waals surface area contributed by atoms with Crippen molar-refractivity contribution in [3.63, 3.8) is 0 Å². The second kappa shape index (κ2) is 6.82. The number of rotatable bonds is 3. The first kappa shape index (κ1) is 17.4. The molecule has 0 unspecified atom stereocenters. The number of hydrogen-bond donors (Lipinski definition) is 1. The molecule has 0 bridgehead atoms. The average molecular weight is 365 g/mol. The molecule has 3 rings (SSSR count). The smallest absolute Gasteiger partial charge is 0.270 e. The summed E-state index contributed by atoms with van der Waals surface area (Å²) in [5.74, 6) is 0.0576. The molecule has 0 radical (unpaired) electrons. The fourth-order valence-corrected chi connectivity index (χ4v) is 3.10. The molecule has 2 N–H and O–H groups in total. The van der Waals surface area contributed by atoms with Crippen molar-refractivity contribution in [2.45, 2.75) is 6.92 Å². The van der Waals surface area contributed by atoms with Gasteiger partial charge >= 0.3 is 0 Å². The van der Waals surface area contributed by atoms with Crippen LogP contribution in [-0.4, -0.2) is 9.91 Å². The number of pyridine rings is 1. The number of aromatic nitrogens is 1. The van der Waals surface area contributed by atoms with E-state index in [1.165, 1.54) is 18.2 Å². The van der Waals surface area contributed by atoms with E-state index >= 15 is 0 Å². The van der Waals surface area contributed by atoms with E-state index in [0.29, 0.717) is 22.4 Å². The van der Waals surface area contributed by atoms with Crippen LogP contribution in [0.4, 0.5) is 11.5 Å². The van der Waals surface area contributed by atoms with Gasteiger partial charge in [-0.15, -0.1) is 0 Å². The van der Waals surface area contributed by atoms with Crippen LogP contribution in [-0.2, 0) is 0 Å². The van der Waals surface area contributed by atoms with Crippen LogP contribution in [0.1, 0.15) is 11.3 Å². The van der Waals surface area contributed by atoms with Crippen molar-refractivity contribution in [3.8, 4) is 28.3 Å². The summed E-state index contributed by atoms with van der Waals surface area (Å²) in [5.41, 5.74) is 8.86. The van der Waals surface area contributed by atoms with Gasteiger partial charge in [0.05, 0.1) is 4.92 Å². The number of aryl methyl sites for hydroxylation is 1. The number of hydrogen-bond acceptors (Lipinski definition) is 5. The van der Waals surface area contributed by atoms with Crippen molar-refractivity contribution in [1.82, 2.24) is 4.98 Å². The fourth-order valence-electron chi connectivity index (χ4n) is 2.89. The van der Waals surface area contributed by atoms with Gasteiger partial charge in [0.2, 0.25) is 0 Å². The number of nitriles is 1. The number of nitro groups is 1. The Kier molecular flexibility index (Phi) is 4.57. The molecule has 1 aromatic heterocycles. The van der Waals surface area contributed by atoms with E-state index in [1.54, 1.807) is 6.92 Å². The molecule has 3 aromatic rings. The van der Waals surface area contributed by atoms with E-state index in [0.717, 1.165) is 5.56 Å². The van der Waals surface area contributed by atoms with E-state index in [1.807, 2.05) is 30.3 Å². The normalized spacial score (nSPS) is 10.3. The Hall–Kier alpha value is -3.43. The summed E-state index contributed by atoms with van der Waals surface area (Å²) in [6.45, 7) is 1.77. The molecule has 0 spiro atoms. The van der Waals surface area contributed by atoms with Crippen LogP contribution in [0.25, 0.3) is 22.3 Å². The van der Waals surface area contributed by atoms with E-state index in [2.05, 4.69) is 11.1 Å². The average Bonchev–Trinajstić information content (AvgIpc) is 2.62. The van der Waals surface area contributed by atoms with Crippen LogP contribution in [0.5, 0.6) is 0 Å². The number of halogens is 1. The highest BCUT2D eigenvalue weighted by molar-refractivity contribution is 6.33. The molecular weight excluding hydrogens is 352 g/mol. The summed E-state index contributed by atoms with van der Waals surface area (Å²) in [5, 5.41) is 21.1. The van der Waals surface area contributed by atoms with E-state index in [9.17, 15) is 15.4 Å². The molecule has 7 heteroatoms. The summed E-state index contributed by atoms with van der Waals surface area (Å²) in [6, 6.07) is 15.5. The maximum absolute atomic E-state index is 11.2. The third kappa shape index (κ3) is 2.96. The van der Waals surface area contributed by atoms with Gasteiger partial charge in [0.15, 0.2) is 0 Å². The Morgan fingerprint density at radius 1 is 1.19 bits per heavy atom. The van der Waals surface area contributed by atoms with Crippen LogP contribution < -0.4 is 5.73 Å². The van der Waals surface area contributed by atoms with Crippen molar-refractivity contribution in [1.29, 1.82) is 5.26 Å². The van der Waals surface area contributed by atoms with Crippen LogP contribution in [0.15, 0.2) is 48.5 Å². The minimum Gasteiger partial charge on any atom is -0.383 e. The monoisotopic (exact) mass is 364 g/mol. The first-order valence-corrected chi connectivity index (χ1v) is 8.01. The van der Waals surface area contributed by atoms with Gasteiger partial charge in [0.1, 0.15) is 17.5 Å². The highest BCUT2D eigenvalue weighted by Gasteiger charge is 2.23. The van der Waals surface area contributed by atoms with E-state index in [4.69, 9.17) is 17.3 Å². The molecule has 0 amide bonds. The number of nitro benzene ring substituents is 1. The predicted molar refractivity (Wildman–Crippen MR) is 101 cm³/mol. The van der Waals surface area contributed by atoms with Crippen LogP contribution >= 0.6 is 11.6 Å². The van der Waals surface area contributed by atoms with Gasteiger partial charge in [-0.05, 0) is 18.6 Å². The molecule has 0 aliphatic carbocycles. The third-order valence-corrected chi connectivity index (χ3v) is 4.34. The van der Waals surface area contributed by atoms with Crippen molar-refractivity contribution in [2.24, 2.45) is 0 Å². The van der Waals surface area contributed by atoms with Crippen molar-refractivity contribution < 1.29 is 4.92 Å². The molecule has 2 aromatic carbocycles. The lowest BCUT2D eigenvalue weighted by atomic mass is 9.90. The Balaban J connectivity index is 2.46. The summed E-state index contributed by atoms with van der Waals surface area (Å²) in [4.78, 5) is 15.0. The molecule has 6 nitrogen and oxygen atoms in total. The Morgan fingerprint density at radius 3 is 2.50 bits per heavy atom. The van der Waals surface area contributed by atoms with Gasteiger partial charge in [-0.2, -0.15) is 5.26 Å². The molecule has 128 valence electrons. The Bertz CT molecular complexity index is 1060. The maximum Gasteiger partial charge on any atom is 0.270 e. The standard InChI is InChI=1S/C19H13ClN4O2/c1-11-17(12-5-3-2-4-6-12)18(15(10-21)19(22)23-11)14-9-13(24(25)26)7-8-16(14)20/h2-9H,1H3,(H2,22,23). The second-order valence-electron chi connectivity index (χ2n) is 5.61. The Labute approximate surface area is 154 Å². The number of benzene rings is 2. The summed E-state index contributed by atoms with van der Waals surface area (Å²) in [7, 11) is 0. The van der Waals surface area contributed by atoms with Gasteiger partial charge < -0.3 is 5.73 Å². The zero-order valence-electron chi connectivity index (χ0n) is 13.7. The number of nitrogens with zero attached hydrogens (tertiary/aromatic N) is 3. The van der Waals surface area contributed by atoms with Crippen molar-refractivity contribution in [3.05, 3.63) is 74.9 Å². The van der Waals surface area contributed by atoms with Crippen LogP contribution in [0, 0.1) is 28.4 Å². The topological polar surface area (TPSA) is 106 Å². The van der Waals surface area contributed by atoms with Crippen LogP contribution in [0.3, 0.4) is 0 Å². The second-order valence-corrected chi connectivity index (χ2v) is 6.01. The van der Waals surface area contributed by atoms with E-state index < -0.39 is 4.92 Å². The highest BCUT2D eigenvalue weighted by atomic mass is 35.5. The molecule has 0 saturated carbocycles. The van der Waals surface area contributed by atoms with Gasteiger partial charge in [0.25, 0.3) is 5.69 Å². The zero-order chi connectivity index (χ0) is 18.8. The number of nitrogens with two attached hydrogens (primary N) is 1. The fraction of sp³-hybridized carbons (Fsp3) is 0.0526. The van der Waals surface area contributed by atoms with Crippen molar-refractivity contribution in [2.75, 3.05) is 5.73 Å². The van der Waals surface area contributed by atoms with Crippen molar-refractivity contribution >= 4 is 23.1 Å². The van der Waals surface area contributed by atoms with Gasteiger partial charge in [-0.25, -0.2) is 4.98 Å². The molecule has 1 heterocycles. The summed E-state index contributed by atoms with van der Waals surface area (Å²) in [6.07, 6.45) is 0. The van der Waals surface area contributed by atoms with Crippen LogP contribution in [0.2, 0.25) is 5.02 Å². The van der Waals surface area contributed by atoms with Gasteiger partial charge in [0, 0.05) is 39.5 Å². The quantitative estimate of drug-likeness (QED) is 0.533. The Morgan fingerprint density at radius 2 is 1.88 bits per heavy atom. The number of nitrogen functional groups attached to an aromatic ring is 1. The first-order chi connectivity index (χ1) is 12.4. The third-order valence-electron chi connectivity index (χ3n) is 4.01. The molecule has 26 heavy (non-hydrogen) atoms. The molecule has 0 fully saturated rings. The SMILES string of the molecule is Cc1nc(N)c(C#N)c(-c2cc([N+](=O)[O-])ccc2Cl)c1-c1ccccc1. The van der Waals surface area contributed by atoms with Gasteiger partial charge in [-0.3, -0.25) is 10.1 Å². The summed E-state index contributed by atoms with van der Waals surface area (Å²) < 4.78 is 0. The largest absolute Gasteiger partial charge is 0.383 e. The zero-order valence-corrected chi connectivity index (χ0v) is 14.5. The van der Waals surface area contributed by atoms with E-state index in [-0.39, 0.29) is 22.1 Å². The predicted octanol–water partition coefficient (Wildman–Crippen LogP) is 4.74. The number of anilines is 1. The molecule has 0 atom stereocenters. The van der Waals surface area contributed by atoms with Gasteiger partial charge in [-0.1, -0.05) is 41.9 Å². The minimum atomic E-state index is -0.508. The lowest BCUT2D eigenvalue weighted by Gasteiger charge is -2.17. The lowest BCUT2D eigenvalue weighted by Crippen LogP contribution is -2.03. The summed E-state index contributed by atoms with van der Waals surface area (Å²) >= 11 is 6.34.